The van der Waals surface area contributed by atoms with E-state index in [2.05, 4.69) is 21.8 Å². The number of hydrogen-bond acceptors (Lipinski definition) is 5. The minimum atomic E-state index is -0.379. The van der Waals surface area contributed by atoms with Gasteiger partial charge in [0.1, 0.15) is 12.0 Å². The lowest BCUT2D eigenvalue weighted by Crippen LogP contribution is -2.28. The van der Waals surface area contributed by atoms with Crippen molar-refractivity contribution >= 4 is 5.97 Å². The van der Waals surface area contributed by atoms with Gasteiger partial charge in [-0.15, -0.1) is 0 Å². The maximum Gasteiger partial charge on any atom is 0.341 e. The molecule has 0 aliphatic carbocycles. The quantitative estimate of drug-likeness (QED) is 0.875. The van der Waals surface area contributed by atoms with Crippen molar-refractivity contribution in [3.05, 3.63) is 59.5 Å². The zero-order valence-corrected chi connectivity index (χ0v) is 12.6. The molecule has 1 aliphatic heterocycles. The summed E-state index contributed by atoms with van der Waals surface area (Å²) in [5, 5.41) is 0. The summed E-state index contributed by atoms with van der Waals surface area (Å²) in [6, 6.07) is 12.2. The SMILES string of the molecule is COC(=O)c1coc(CN2C[C@@H](N)[C@H](c3ccccc3)C2)c1. The summed E-state index contributed by atoms with van der Waals surface area (Å²) < 4.78 is 10.1. The number of hydrogen-bond donors (Lipinski definition) is 1. The van der Waals surface area contributed by atoms with E-state index in [1.807, 2.05) is 18.2 Å². The molecular formula is C17H20N2O3. The number of nitrogens with zero attached hydrogens (tertiary/aromatic N) is 1. The molecule has 1 aromatic heterocycles. The molecular weight excluding hydrogens is 280 g/mol. The smallest absolute Gasteiger partial charge is 0.341 e. The van der Waals surface area contributed by atoms with Crippen molar-refractivity contribution in [2.75, 3.05) is 20.2 Å². The standard InChI is InChI=1S/C17H20N2O3/c1-21-17(20)13-7-14(22-11-13)8-19-9-15(16(18)10-19)12-5-3-2-4-6-12/h2-7,11,15-16H,8-10,18H2,1H3/t15-,16+/m0/s1. The molecule has 0 unspecified atom stereocenters. The first-order valence-electron chi connectivity index (χ1n) is 7.36. The maximum atomic E-state index is 11.4. The molecule has 0 spiro atoms. The molecule has 0 bridgehead atoms. The Bertz CT molecular complexity index is 638. The molecule has 3 rings (SSSR count). The van der Waals surface area contributed by atoms with Gasteiger partial charge in [0.05, 0.1) is 19.2 Å². The lowest BCUT2D eigenvalue weighted by atomic mass is 9.95. The van der Waals surface area contributed by atoms with Crippen molar-refractivity contribution < 1.29 is 13.9 Å². The molecule has 1 saturated heterocycles. The van der Waals surface area contributed by atoms with Crippen LogP contribution in [0.25, 0.3) is 0 Å². The number of carbonyl (C=O) groups is 1. The molecule has 0 radical (unpaired) electrons. The molecule has 2 heterocycles. The lowest BCUT2D eigenvalue weighted by molar-refractivity contribution is 0.0600. The van der Waals surface area contributed by atoms with Gasteiger partial charge in [0.15, 0.2) is 0 Å². The van der Waals surface area contributed by atoms with Gasteiger partial charge < -0.3 is 14.9 Å². The van der Waals surface area contributed by atoms with E-state index >= 15 is 0 Å². The van der Waals surface area contributed by atoms with Gasteiger partial charge in [0.2, 0.25) is 0 Å². The molecule has 0 saturated carbocycles. The van der Waals surface area contributed by atoms with Gasteiger partial charge in [0, 0.05) is 25.0 Å². The average Bonchev–Trinajstić information content (AvgIpc) is 3.14. The number of likely N-dealkylation sites (tertiary alicyclic amines) is 1. The minimum absolute atomic E-state index is 0.109. The molecule has 2 atom stereocenters. The van der Waals surface area contributed by atoms with Gasteiger partial charge >= 0.3 is 5.97 Å². The van der Waals surface area contributed by atoms with Gasteiger partial charge in [-0.2, -0.15) is 0 Å². The van der Waals surface area contributed by atoms with Gasteiger partial charge in [-0.05, 0) is 11.6 Å². The van der Waals surface area contributed by atoms with Crippen LogP contribution in [0.5, 0.6) is 0 Å². The number of ether oxygens (including phenoxy) is 1. The highest BCUT2D eigenvalue weighted by atomic mass is 16.5. The van der Waals surface area contributed by atoms with E-state index < -0.39 is 0 Å². The second-order valence-electron chi connectivity index (χ2n) is 5.67. The second-order valence-corrected chi connectivity index (χ2v) is 5.67. The van der Waals surface area contributed by atoms with Gasteiger partial charge in [-0.1, -0.05) is 30.3 Å². The van der Waals surface area contributed by atoms with Crippen molar-refractivity contribution in [1.82, 2.24) is 4.90 Å². The van der Waals surface area contributed by atoms with Crippen LogP contribution in [0.2, 0.25) is 0 Å². The van der Waals surface area contributed by atoms with E-state index in [4.69, 9.17) is 10.2 Å². The largest absolute Gasteiger partial charge is 0.467 e. The van der Waals surface area contributed by atoms with Crippen LogP contribution in [0, 0.1) is 0 Å². The summed E-state index contributed by atoms with van der Waals surface area (Å²) in [6.45, 7) is 2.35. The molecule has 5 nitrogen and oxygen atoms in total. The number of rotatable bonds is 4. The lowest BCUT2D eigenvalue weighted by Gasteiger charge is -2.15. The Morgan fingerprint density at radius 3 is 2.86 bits per heavy atom. The first kappa shape index (κ1) is 14.8. The Morgan fingerprint density at radius 2 is 2.14 bits per heavy atom. The van der Waals surface area contributed by atoms with Gasteiger partial charge in [0.25, 0.3) is 0 Å². The van der Waals surface area contributed by atoms with Crippen LogP contribution < -0.4 is 5.73 Å². The summed E-state index contributed by atoms with van der Waals surface area (Å²) in [5.41, 5.74) is 8.00. The molecule has 1 fully saturated rings. The summed E-state index contributed by atoms with van der Waals surface area (Å²) in [6.07, 6.45) is 1.44. The molecule has 2 N–H and O–H groups in total. The number of benzene rings is 1. The van der Waals surface area contributed by atoms with E-state index in [0.29, 0.717) is 18.0 Å². The molecule has 1 aliphatic rings. The molecule has 2 aromatic rings. The Kier molecular flexibility index (Phi) is 4.27. The van der Waals surface area contributed by atoms with Crippen molar-refractivity contribution in [2.45, 2.75) is 18.5 Å². The maximum absolute atomic E-state index is 11.4. The first-order valence-corrected chi connectivity index (χ1v) is 7.36. The zero-order valence-electron chi connectivity index (χ0n) is 12.6. The van der Waals surface area contributed by atoms with E-state index in [-0.39, 0.29) is 12.0 Å². The van der Waals surface area contributed by atoms with Crippen LogP contribution in [0.1, 0.15) is 27.6 Å². The van der Waals surface area contributed by atoms with Crippen LogP contribution in [0.3, 0.4) is 0 Å². The number of esters is 1. The van der Waals surface area contributed by atoms with E-state index in [1.165, 1.54) is 18.9 Å². The van der Waals surface area contributed by atoms with Crippen molar-refractivity contribution in [2.24, 2.45) is 5.73 Å². The monoisotopic (exact) mass is 300 g/mol. The predicted molar refractivity (Wildman–Crippen MR) is 82.5 cm³/mol. The van der Waals surface area contributed by atoms with Gasteiger partial charge in [-0.3, -0.25) is 4.90 Å². The molecule has 0 amide bonds. The normalized spacial score (nSPS) is 21.9. The van der Waals surface area contributed by atoms with Crippen LogP contribution in [0.15, 0.2) is 47.1 Å². The highest BCUT2D eigenvalue weighted by Gasteiger charge is 2.31. The fourth-order valence-electron chi connectivity index (χ4n) is 3.00. The van der Waals surface area contributed by atoms with E-state index in [1.54, 1.807) is 6.07 Å². The van der Waals surface area contributed by atoms with Crippen LogP contribution in [0.4, 0.5) is 0 Å². The van der Waals surface area contributed by atoms with Crippen LogP contribution in [-0.4, -0.2) is 37.1 Å². The fourth-order valence-corrected chi connectivity index (χ4v) is 3.00. The third-order valence-corrected chi connectivity index (χ3v) is 4.12. The van der Waals surface area contributed by atoms with Crippen molar-refractivity contribution in [3.63, 3.8) is 0 Å². The van der Waals surface area contributed by atoms with Crippen molar-refractivity contribution in [1.29, 1.82) is 0 Å². The molecule has 1 aromatic carbocycles. The summed E-state index contributed by atoms with van der Waals surface area (Å²) >= 11 is 0. The number of furan rings is 1. The minimum Gasteiger partial charge on any atom is -0.467 e. The molecule has 5 heteroatoms. The number of carbonyl (C=O) groups excluding carboxylic acids is 1. The average molecular weight is 300 g/mol. The highest BCUT2D eigenvalue weighted by Crippen LogP contribution is 2.27. The Balaban J connectivity index is 1.65. The van der Waals surface area contributed by atoms with Crippen LogP contribution in [-0.2, 0) is 11.3 Å². The zero-order chi connectivity index (χ0) is 15.5. The van der Waals surface area contributed by atoms with Crippen LogP contribution >= 0.6 is 0 Å². The fraction of sp³-hybridized carbons (Fsp3) is 0.353. The molecule has 22 heavy (non-hydrogen) atoms. The van der Waals surface area contributed by atoms with E-state index in [9.17, 15) is 4.79 Å². The third-order valence-electron chi connectivity index (χ3n) is 4.12. The topological polar surface area (TPSA) is 68.7 Å². The Hall–Kier alpha value is -2.11. The first-order chi connectivity index (χ1) is 10.7. The van der Waals surface area contributed by atoms with Gasteiger partial charge in [-0.25, -0.2) is 4.79 Å². The number of methoxy groups -OCH3 is 1. The summed E-state index contributed by atoms with van der Waals surface area (Å²) in [5.74, 6) is 0.702. The van der Waals surface area contributed by atoms with Crippen molar-refractivity contribution in [3.8, 4) is 0 Å². The highest BCUT2D eigenvalue weighted by molar-refractivity contribution is 5.88. The number of nitrogens with two attached hydrogens (primary N) is 1. The molecule has 116 valence electrons. The predicted octanol–water partition coefficient (Wildman–Crippen LogP) is 1.99. The Morgan fingerprint density at radius 1 is 1.36 bits per heavy atom. The van der Waals surface area contributed by atoms with E-state index in [0.717, 1.165) is 18.8 Å². The summed E-state index contributed by atoms with van der Waals surface area (Å²) in [7, 11) is 1.36. The summed E-state index contributed by atoms with van der Waals surface area (Å²) in [4.78, 5) is 13.7. The third kappa shape index (κ3) is 3.05. The second kappa shape index (κ2) is 6.34. The Labute approximate surface area is 129 Å².